The highest BCUT2D eigenvalue weighted by Crippen LogP contribution is 2.35. The van der Waals surface area contributed by atoms with Crippen LogP contribution in [0.2, 0.25) is 0 Å². The van der Waals surface area contributed by atoms with Crippen molar-refractivity contribution in [1.29, 1.82) is 0 Å². The van der Waals surface area contributed by atoms with E-state index in [1.807, 2.05) is 30.3 Å². The largest absolute Gasteiger partial charge is 0.497 e. The third-order valence-electron chi connectivity index (χ3n) is 5.25. The summed E-state index contributed by atoms with van der Waals surface area (Å²) in [7, 11) is 2.92. The lowest BCUT2D eigenvalue weighted by atomic mass is 10.1. The molecule has 0 spiro atoms. The van der Waals surface area contributed by atoms with Crippen LogP contribution in [-0.2, 0) is 11.2 Å². The Morgan fingerprint density at radius 3 is 2.38 bits per heavy atom. The summed E-state index contributed by atoms with van der Waals surface area (Å²) in [6.45, 7) is 0. The number of aromatic nitrogens is 2. The predicted octanol–water partition coefficient (Wildman–Crippen LogP) is 5.13. The van der Waals surface area contributed by atoms with Crippen molar-refractivity contribution < 1.29 is 28.5 Å². The van der Waals surface area contributed by atoms with E-state index in [1.165, 1.54) is 7.11 Å². The van der Waals surface area contributed by atoms with Crippen molar-refractivity contribution in [3.05, 3.63) is 89.7 Å². The van der Waals surface area contributed by atoms with Gasteiger partial charge in [-0.25, -0.2) is 4.79 Å². The first-order valence-electron chi connectivity index (χ1n) is 10.5. The molecule has 5 aromatic rings. The van der Waals surface area contributed by atoms with E-state index in [4.69, 9.17) is 23.7 Å². The maximum atomic E-state index is 12.0. The smallest absolute Gasteiger partial charge is 0.337 e. The Balaban J connectivity index is 1.57. The van der Waals surface area contributed by atoms with Crippen molar-refractivity contribution in [3.8, 4) is 17.4 Å². The number of carbonyl (C=O) groups excluding carboxylic acids is 1. The first-order chi connectivity index (χ1) is 16.6. The van der Waals surface area contributed by atoms with Gasteiger partial charge in [0.25, 0.3) is 5.88 Å². The molecule has 2 aromatic heterocycles. The molecule has 0 bridgehead atoms. The maximum absolute atomic E-state index is 12.0. The van der Waals surface area contributed by atoms with E-state index < -0.39 is 5.97 Å². The summed E-state index contributed by atoms with van der Waals surface area (Å²) < 4.78 is 16.0. The molecule has 8 nitrogen and oxygen atoms in total. The molecule has 0 amide bonds. The van der Waals surface area contributed by atoms with Gasteiger partial charge in [0, 0.05) is 11.8 Å². The van der Waals surface area contributed by atoms with Crippen LogP contribution in [0.4, 0.5) is 0 Å². The quantitative estimate of drug-likeness (QED) is 0.189. The van der Waals surface area contributed by atoms with Gasteiger partial charge in [-0.15, -0.1) is 0 Å². The molecule has 8 heteroatoms. The average molecular weight is 456 g/mol. The van der Waals surface area contributed by atoms with Gasteiger partial charge in [0.1, 0.15) is 22.5 Å². The normalized spacial score (nSPS) is 10.9. The SMILES string of the molecule is COC(=O)c1ccc2c(c1)oc1nc(Cc3ccccc3)nc(OOc3ccc(OC)cc3)c12. The molecule has 0 fully saturated rings. The number of furan rings is 1. The number of esters is 1. The van der Waals surface area contributed by atoms with Gasteiger partial charge in [-0.05, 0) is 48.0 Å². The number of carbonyl (C=O) groups is 1. The van der Waals surface area contributed by atoms with Crippen molar-refractivity contribution in [2.75, 3.05) is 14.2 Å². The van der Waals surface area contributed by atoms with Gasteiger partial charge in [-0.1, -0.05) is 30.3 Å². The highest BCUT2D eigenvalue weighted by molar-refractivity contribution is 6.08. The van der Waals surface area contributed by atoms with Gasteiger partial charge >= 0.3 is 5.97 Å². The molecule has 0 saturated heterocycles. The molecule has 0 radical (unpaired) electrons. The number of nitrogens with zero attached hydrogens (tertiary/aromatic N) is 2. The van der Waals surface area contributed by atoms with Crippen LogP contribution in [-0.4, -0.2) is 30.2 Å². The van der Waals surface area contributed by atoms with Crippen LogP contribution in [0.25, 0.3) is 22.1 Å². The van der Waals surface area contributed by atoms with E-state index in [9.17, 15) is 4.79 Å². The van der Waals surface area contributed by atoms with Crippen molar-refractivity contribution in [1.82, 2.24) is 9.97 Å². The van der Waals surface area contributed by atoms with E-state index >= 15 is 0 Å². The first-order valence-corrected chi connectivity index (χ1v) is 10.5. The van der Waals surface area contributed by atoms with Crippen LogP contribution in [0.3, 0.4) is 0 Å². The molecule has 0 N–H and O–H groups in total. The summed E-state index contributed by atoms with van der Waals surface area (Å²) in [4.78, 5) is 32.4. The van der Waals surface area contributed by atoms with Crippen LogP contribution in [0.5, 0.6) is 17.4 Å². The Kier molecular flexibility index (Phi) is 5.70. The number of benzene rings is 3. The highest BCUT2D eigenvalue weighted by atomic mass is 17.2. The summed E-state index contributed by atoms with van der Waals surface area (Å²) >= 11 is 0. The molecule has 0 aliphatic rings. The molecular weight excluding hydrogens is 436 g/mol. The summed E-state index contributed by atoms with van der Waals surface area (Å²) in [5.41, 5.74) is 2.18. The van der Waals surface area contributed by atoms with E-state index in [-0.39, 0.29) is 5.88 Å². The second-order valence-electron chi connectivity index (χ2n) is 7.43. The fraction of sp³-hybridized carbons (Fsp3) is 0.115. The Bertz CT molecular complexity index is 1460. The lowest BCUT2D eigenvalue weighted by Crippen LogP contribution is -2.06. The number of hydrogen-bond acceptors (Lipinski definition) is 8. The van der Waals surface area contributed by atoms with Gasteiger partial charge in [0.05, 0.1) is 19.8 Å². The van der Waals surface area contributed by atoms with Gasteiger partial charge in [0.15, 0.2) is 5.75 Å². The Hall–Kier alpha value is -4.59. The molecule has 170 valence electrons. The lowest BCUT2D eigenvalue weighted by Gasteiger charge is -2.08. The second kappa shape index (κ2) is 9.11. The minimum Gasteiger partial charge on any atom is -0.497 e. The fourth-order valence-electron chi connectivity index (χ4n) is 3.57. The minimum atomic E-state index is -0.461. The molecule has 5 rings (SSSR count). The summed E-state index contributed by atoms with van der Waals surface area (Å²) in [5.74, 6) is 1.41. The lowest BCUT2D eigenvalue weighted by molar-refractivity contribution is -0.103. The van der Waals surface area contributed by atoms with E-state index in [0.29, 0.717) is 51.4 Å². The third-order valence-corrected chi connectivity index (χ3v) is 5.25. The first kappa shape index (κ1) is 21.3. The maximum Gasteiger partial charge on any atom is 0.337 e. The number of rotatable bonds is 7. The minimum absolute atomic E-state index is 0.205. The van der Waals surface area contributed by atoms with E-state index in [1.54, 1.807) is 49.6 Å². The molecule has 0 atom stereocenters. The topological polar surface area (TPSA) is 92.9 Å². The third kappa shape index (κ3) is 4.21. The molecule has 3 aromatic carbocycles. The highest BCUT2D eigenvalue weighted by Gasteiger charge is 2.20. The van der Waals surface area contributed by atoms with Crippen LogP contribution < -0.4 is 14.5 Å². The summed E-state index contributed by atoms with van der Waals surface area (Å²) in [5, 5.41) is 1.22. The monoisotopic (exact) mass is 456 g/mol. The predicted molar refractivity (Wildman–Crippen MR) is 124 cm³/mol. The van der Waals surface area contributed by atoms with Gasteiger partial charge in [-0.2, -0.15) is 9.97 Å². The molecular formula is C26H20N2O6. The molecule has 0 aliphatic heterocycles. The van der Waals surface area contributed by atoms with Crippen molar-refractivity contribution in [3.63, 3.8) is 0 Å². The second-order valence-corrected chi connectivity index (χ2v) is 7.43. The van der Waals surface area contributed by atoms with Crippen LogP contribution in [0.15, 0.2) is 77.2 Å². The zero-order chi connectivity index (χ0) is 23.5. The zero-order valence-electron chi connectivity index (χ0n) is 18.5. The average Bonchev–Trinajstić information content (AvgIpc) is 3.25. The number of ether oxygens (including phenoxy) is 2. The summed E-state index contributed by atoms with van der Waals surface area (Å²) in [6.07, 6.45) is 0.472. The molecule has 0 unspecified atom stereocenters. The van der Waals surface area contributed by atoms with Crippen molar-refractivity contribution in [2.24, 2.45) is 0 Å². The van der Waals surface area contributed by atoms with Crippen molar-refractivity contribution in [2.45, 2.75) is 6.42 Å². The number of methoxy groups -OCH3 is 2. The molecule has 34 heavy (non-hydrogen) atoms. The van der Waals surface area contributed by atoms with Gasteiger partial charge < -0.3 is 13.9 Å². The van der Waals surface area contributed by atoms with Crippen molar-refractivity contribution >= 4 is 28.0 Å². The molecule has 2 heterocycles. The van der Waals surface area contributed by atoms with Crippen LogP contribution in [0.1, 0.15) is 21.7 Å². The van der Waals surface area contributed by atoms with E-state index in [2.05, 4.69) is 9.97 Å². The Morgan fingerprint density at radius 2 is 1.65 bits per heavy atom. The number of fused-ring (bicyclic) bond motifs is 3. The van der Waals surface area contributed by atoms with Gasteiger partial charge in [-0.3, -0.25) is 9.78 Å². The van der Waals surface area contributed by atoms with E-state index in [0.717, 1.165) is 5.56 Å². The Labute approximate surface area is 194 Å². The molecule has 0 aliphatic carbocycles. The number of hydrogen-bond donors (Lipinski definition) is 0. The van der Waals surface area contributed by atoms with Crippen LogP contribution >= 0.6 is 0 Å². The molecule has 0 saturated carbocycles. The Morgan fingerprint density at radius 1 is 0.882 bits per heavy atom. The fourth-order valence-corrected chi connectivity index (χ4v) is 3.57. The van der Waals surface area contributed by atoms with Gasteiger partial charge in [0.2, 0.25) is 5.71 Å². The zero-order valence-corrected chi connectivity index (χ0v) is 18.5. The van der Waals surface area contributed by atoms with Crippen LogP contribution in [0, 0.1) is 0 Å². The standard InChI is InChI=1S/C26H20N2O6/c1-30-18-9-11-19(12-10-18)33-34-25-23-20-13-8-17(26(29)31-2)15-21(20)32-24(23)27-22(28-25)14-16-6-4-3-5-7-16/h3-13,15H,14H2,1-2H3. The summed E-state index contributed by atoms with van der Waals surface area (Å²) in [6, 6.07) is 21.8.